The summed E-state index contributed by atoms with van der Waals surface area (Å²) < 4.78 is 26.4. The number of hydrogen-bond donors (Lipinski definition) is 1. The summed E-state index contributed by atoms with van der Waals surface area (Å²) >= 11 is 0. The van der Waals surface area contributed by atoms with E-state index in [1.165, 1.54) is 70.6 Å². The summed E-state index contributed by atoms with van der Waals surface area (Å²) in [7, 11) is 0. The van der Waals surface area contributed by atoms with Gasteiger partial charge in [-0.1, -0.05) is 84.0 Å². The van der Waals surface area contributed by atoms with Crippen molar-refractivity contribution in [3.8, 4) is 0 Å². The fraction of sp³-hybridized carbons (Fsp3) is 0.926. The van der Waals surface area contributed by atoms with Crippen LogP contribution in [0.2, 0.25) is 0 Å². The van der Waals surface area contributed by atoms with Crippen LogP contribution >= 0.6 is 0 Å². The van der Waals surface area contributed by atoms with Gasteiger partial charge in [-0.2, -0.15) is 0 Å². The van der Waals surface area contributed by atoms with Gasteiger partial charge in [0.05, 0.1) is 59.3 Å². The highest BCUT2D eigenvalue weighted by Crippen LogP contribution is 2.13. The molecule has 0 fully saturated rings. The maximum Gasteiger partial charge on any atom is 0.305 e. The lowest BCUT2D eigenvalue weighted by molar-refractivity contribution is -0.145. The summed E-state index contributed by atoms with van der Waals surface area (Å²) in [6, 6.07) is 0. The normalized spacial score (nSPS) is 11.1. The molecule has 0 aromatic carbocycles. The minimum atomic E-state index is -0.871. The molecular formula is C27H52O8. The Kier molecular flexibility index (Phi) is 28.0. The Bertz CT molecular complexity index is 458. The number of carboxylic acids is 1. The van der Waals surface area contributed by atoms with E-state index in [-0.39, 0.29) is 25.6 Å². The van der Waals surface area contributed by atoms with Crippen LogP contribution in [0.5, 0.6) is 0 Å². The molecule has 0 radical (unpaired) electrons. The molecule has 0 saturated heterocycles. The van der Waals surface area contributed by atoms with Crippen LogP contribution in [-0.4, -0.2) is 76.5 Å². The van der Waals surface area contributed by atoms with Crippen molar-refractivity contribution in [3.63, 3.8) is 0 Å². The number of unbranched alkanes of at least 4 members (excludes halogenated alkanes) is 12. The molecule has 8 heteroatoms. The van der Waals surface area contributed by atoms with Crippen molar-refractivity contribution in [2.45, 2.75) is 103 Å². The van der Waals surface area contributed by atoms with Crippen LogP contribution in [0, 0.1) is 0 Å². The van der Waals surface area contributed by atoms with Crippen molar-refractivity contribution < 1.29 is 38.4 Å². The zero-order chi connectivity index (χ0) is 25.7. The molecule has 0 heterocycles. The lowest BCUT2D eigenvalue weighted by Gasteiger charge is -2.08. The van der Waals surface area contributed by atoms with Crippen LogP contribution in [0.25, 0.3) is 0 Å². The van der Waals surface area contributed by atoms with Gasteiger partial charge in [0.15, 0.2) is 0 Å². The van der Waals surface area contributed by atoms with Gasteiger partial charge in [-0.05, 0) is 6.42 Å². The number of carbonyl (C=O) groups excluding carboxylic acids is 1. The number of rotatable bonds is 29. The number of ether oxygens (including phenoxy) is 5. The number of carboxylic acid groups (broad SMARTS) is 1. The van der Waals surface area contributed by atoms with Crippen molar-refractivity contribution in [3.05, 3.63) is 0 Å². The van der Waals surface area contributed by atoms with E-state index >= 15 is 0 Å². The van der Waals surface area contributed by atoms with Crippen LogP contribution in [-0.2, 0) is 33.3 Å². The monoisotopic (exact) mass is 504 g/mol. The SMILES string of the molecule is CCCCCCCCCCCCCCCC(=O)OCCOCCOCCOCCOCCC(=O)O. The summed E-state index contributed by atoms with van der Waals surface area (Å²) in [6.07, 6.45) is 17.3. The highest BCUT2D eigenvalue weighted by molar-refractivity contribution is 5.69. The molecule has 0 aromatic rings. The number of aliphatic carboxylic acids is 1. The topological polar surface area (TPSA) is 101 Å². The van der Waals surface area contributed by atoms with E-state index in [2.05, 4.69) is 6.92 Å². The smallest absolute Gasteiger partial charge is 0.305 e. The fourth-order valence-electron chi connectivity index (χ4n) is 3.49. The van der Waals surface area contributed by atoms with E-state index in [4.69, 9.17) is 28.8 Å². The van der Waals surface area contributed by atoms with Crippen molar-refractivity contribution in [1.29, 1.82) is 0 Å². The summed E-state index contributed by atoms with van der Waals surface area (Å²) in [6.45, 7) is 5.67. The summed E-state index contributed by atoms with van der Waals surface area (Å²) in [5, 5.41) is 8.47. The van der Waals surface area contributed by atoms with Crippen molar-refractivity contribution >= 4 is 11.9 Å². The van der Waals surface area contributed by atoms with Crippen LogP contribution in [0.15, 0.2) is 0 Å². The minimum Gasteiger partial charge on any atom is -0.481 e. The number of carbonyl (C=O) groups is 2. The summed E-state index contributed by atoms with van der Waals surface area (Å²) in [5.74, 6) is -1.01. The van der Waals surface area contributed by atoms with Gasteiger partial charge < -0.3 is 28.8 Å². The highest BCUT2D eigenvalue weighted by atomic mass is 16.6. The van der Waals surface area contributed by atoms with Gasteiger partial charge in [-0.25, -0.2) is 0 Å². The molecule has 0 spiro atoms. The summed E-state index contributed by atoms with van der Waals surface area (Å²) in [4.78, 5) is 22.0. The first-order valence-electron chi connectivity index (χ1n) is 13.8. The van der Waals surface area contributed by atoms with Crippen LogP contribution in [0.3, 0.4) is 0 Å². The number of esters is 1. The van der Waals surface area contributed by atoms with Gasteiger partial charge in [-0.15, -0.1) is 0 Å². The second-order valence-electron chi connectivity index (χ2n) is 8.81. The molecule has 208 valence electrons. The Morgan fingerprint density at radius 2 is 0.857 bits per heavy atom. The van der Waals surface area contributed by atoms with E-state index in [0.717, 1.165) is 12.8 Å². The molecule has 35 heavy (non-hydrogen) atoms. The summed E-state index contributed by atoms with van der Waals surface area (Å²) in [5.41, 5.74) is 0. The Morgan fingerprint density at radius 3 is 1.29 bits per heavy atom. The second-order valence-corrected chi connectivity index (χ2v) is 8.81. The van der Waals surface area contributed by atoms with Crippen molar-refractivity contribution in [2.24, 2.45) is 0 Å². The molecule has 0 aliphatic rings. The third-order valence-electron chi connectivity index (χ3n) is 5.55. The standard InChI is InChI=1S/C27H52O8/c1-2-3-4-5-6-7-8-9-10-11-12-13-14-15-27(30)35-25-24-34-23-22-33-21-20-32-19-18-31-17-16-26(28)29/h2-25H2,1H3,(H,28,29). The molecule has 8 nitrogen and oxygen atoms in total. The largest absolute Gasteiger partial charge is 0.481 e. The fourth-order valence-corrected chi connectivity index (χ4v) is 3.49. The van der Waals surface area contributed by atoms with E-state index in [9.17, 15) is 9.59 Å². The Labute approximate surface area is 213 Å². The number of hydrogen-bond acceptors (Lipinski definition) is 7. The molecule has 0 unspecified atom stereocenters. The van der Waals surface area contributed by atoms with Gasteiger partial charge in [-0.3, -0.25) is 9.59 Å². The average Bonchev–Trinajstić information content (AvgIpc) is 2.84. The second kappa shape index (κ2) is 29.0. The first-order valence-corrected chi connectivity index (χ1v) is 13.8. The Morgan fingerprint density at radius 1 is 0.486 bits per heavy atom. The predicted molar refractivity (Wildman–Crippen MR) is 137 cm³/mol. The zero-order valence-electron chi connectivity index (χ0n) is 22.3. The van der Waals surface area contributed by atoms with Crippen LogP contribution in [0.4, 0.5) is 0 Å². The molecule has 0 amide bonds. The van der Waals surface area contributed by atoms with E-state index in [1.54, 1.807) is 0 Å². The predicted octanol–water partition coefficient (Wildman–Crippen LogP) is 5.55. The van der Waals surface area contributed by atoms with Gasteiger partial charge in [0.2, 0.25) is 0 Å². The Hall–Kier alpha value is -1.22. The van der Waals surface area contributed by atoms with Crippen molar-refractivity contribution in [1.82, 2.24) is 0 Å². The third-order valence-corrected chi connectivity index (χ3v) is 5.55. The van der Waals surface area contributed by atoms with E-state index in [0.29, 0.717) is 52.7 Å². The lowest BCUT2D eigenvalue weighted by Crippen LogP contribution is -2.14. The third kappa shape index (κ3) is 30.7. The van der Waals surface area contributed by atoms with E-state index in [1.807, 2.05) is 0 Å². The average molecular weight is 505 g/mol. The van der Waals surface area contributed by atoms with Crippen LogP contribution in [0.1, 0.15) is 103 Å². The maximum atomic E-state index is 11.7. The van der Waals surface area contributed by atoms with E-state index < -0.39 is 5.97 Å². The first-order chi connectivity index (χ1) is 17.2. The van der Waals surface area contributed by atoms with Crippen molar-refractivity contribution in [2.75, 3.05) is 59.5 Å². The molecule has 1 N–H and O–H groups in total. The minimum absolute atomic E-state index is 0.00177. The first kappa shape index (κ1) is 33.8. The molecule has 0 atom stereocenters. The molecule has 0 aromatic heterocycles. The van der Waals surface area contributed by atoms with Gasteiger partial charge >= 0.3 is 11.9 Å². The molecule has 0 aliphatic heterocycles. The highest BCUT2D eigenvalue weighted by Gasteiger charge is 2.03. The molecule has 0 bridgehead atoms. The zero-order valence-corrected chi connectivity index (χ0v) is 22.3. The molecule has 0 aliphatic carbocycles. The molecular weight excluding hydrogens is 452 g/mol. The maximum absolute atomic E-state index is 11.7. The lowest BCUT2D eigenvalue weighted by atomic mass is 10.0. The molecule has 0 rings (SSSR count). The van der Waals surface area contributed by atoms with Gasteiger partial charge in [0, 0.05) is 6.42 Å². The quantitative estimate of drug-likeness (QED) is 0.104. The van der Waals surface area contributed by atoms with Crippen LogP contribution < -0.4 is 0 Å². The van der Waals surface area contributed by atoms with Gasteiger partial charge in [0.25, 0.3) is 0 Å². The molecule has 0 saturated carbocycles. The van der Waals surface area contributed by atoms with Gasteiger partial charge in [0.1, 0.15) is 6.61 Å². The Balaban J connectivity index is 3.15.